The zero-order valence-electron chi connectivity index (χ0n) is 11.3. The van der Waals surface area contributed by atoms with Crippen LogP contribution < -0.4 is 5.32 Å². The van der Waals surface area contributed by atoms with Gasteiger partial charge in [-0.2, -0.15) is 0 Å². The lowest BCUT2D eigenvalue weighted by atomic mass is 9.95. The van der Waals surface area contributed by atoms with Gasteiger partial charge in [-0.05, 0) is 25.6 Å². The van der Waals surface area contributed by atoms with Crippen molar-refractivity contribution in [1.82, 2.24) is 20.1 Å². The smallest absolute Gasteiger partial charge is 0.0503 e. The third-order valence-corrected chi connectivity index (χ3v) is 4.31. The first-order valence-corrected chi connectivity index (χ1v) is 6.84. The minimum absolute atomic E-state index is 0.390. The van der Waals surface area contributed by atoms with Gasteiger partial charge in [0.25, 0.3) is 0 Å². The monoisotopic (exact) mass is 246 g/mol. The number of aryl methyl sites for hydroxylation is 1. The van der Waals surface area contributed by atoms with E-state index in [9.17, 15) is 0 Å². The maximum Gasteiger partial charge on any atom is 0.0503 e. The molecule has 98 valence electrons. The molecule has 0 saturated carbocycles. The summed E-state index contributed by atoms with van der Waals surface area (Å²) in [6.45, 7) is 8.11. The molecule has 0 aromatic carbocycles. The van der Waals surface area contributed by atoms with E-state index in [4.69, 9.17) is 0 Å². The average molecular weight is 246 g/mol. The summed E-state index contributed by atoms with van der Waals surface area (Å²) >= 11 is 0. The number of likely N-dealkylation sites (N-methyl/N-ethyl adjacent to an activating group) is 1. The first-order chi connectivity index (χ1) is 8.78. The lowest BCUT2D eigenvalue weighted by Gasteiger charge is -2.50. The minimum atomic E-state index is 0.390. The molecule has 0 amide bonds. The fourth-order valence-corrected chi connectivity index (χ4v) is 3.22. The maximum atomic E-state index is 4.43. The van der Waals surface area contributed by atoms with Crippen molar-refractivity contribution in [3.8, 4) is 0 Å². The van der Waals surface area contributed by atoms with E-state index in [1.54, 1.807) is 0 Å². The Hall–Kier alpha value is -0.970. The predicted molar refractivity (Wildman–Crippen MR) is 72.6 cm³/mol. The highest BCUT2D eigenvalue weighted by Gasteiger charge is 2.36. The summed E-state index contributed by atoms with van der Waals surface area (Å²) in [6.07, 6.45) is 2.02. The summed E-state index contributed by atoms with van der Waals surface area (Å²) in [5.41, 5.74) is 2.39. The topological polar surface area (TPSA) is 31.4 Å². The third kappa shape index (κ3) is 2.16. The van der Waals surface area contributed by atoms with Gasteiger partial charge in [0.1, 0.15) is 0 Å². The molecule has 0 aliphatic carbocycles. The molecular weight excluding hydrogens is 224 g/mol. The molecule has 1 aromatic heterocycles. The number of rotatable bonds is 3. The van der Waals surface area contributed by atoms with E-state index in [2.05, 4.69) is 39.3 Å². The van der Waals surface area contributed by atoms with Gasteiger partial charge in [0.15, 0.2) is 0 Å². The van der Waals surface area contributed by atoms with Crippen LogP contribution in [0, 0.1) is 6.92 Å². The second-order valence-electron chi connectivity index (χ2n) is 5.40. The van der Waals surface area contributed by atoms with Crippen molar-refractivity contribution in [2.24, 2.45) is 0 Å². The van der Waals surface area contributed by atoms with Gasteiger partial charge in [-0.25, -0.2) is 0 Å². The van der Waals surface area contributed by atoms with Crippen LogP contribution in [0.3, 0.4) is 0 Å². The SMILES string of the molecule is CNC(c1ccc(C)nc1)C1CN2CCN1CC2. The minimum Gasteiger partial charge on any atom is -0.312 e. The van der Waals surface area contributed by atoms with Crippen molar-refractivity contribution in [3.63, 3.8) is 0 Å². The van der Waals surface area contributed by atoms with Gasteiger partial charge >= 0.3 is 0 Å². The molecular formula is C14H22N4. The Bertz CT molecular complexity index is 395. The molecule has 2 atom stereocenters. The van der Waals surface area contributed by atoms with Crippen LogP contribution in [-0.4, -0.2) is 60.6 Å². The Morgan fingerprint density at radius 3 is 2.56 bits per heavy atom. The van der Waals surface area contributed by atoms with E-state index in [1.165, 1.54) is 38.3 Å². The molecule has 2 bridgehead atoms. The number of fused-ring (bicyclic) bond motifs is 3. The number of nitrogens with one attached hydrogen (secondary N) is 1. The Kier molecular flexibility index (Phi) is 3.33. The predicted octanol–water partition coefficient (Wildman–Crippen LogP) is 0.650. The Morgan fingerprint density at radius 2 is 2.06 bits per heavy atom. The van der Waals surface area contributed by atoms with Crippen molar-refractivity contribution in [2.75, 3.05) is 39.8 Å². The standard InChI is InChI=1S/C14H22N4/c1-11-3-4-12(9-16-11)14(15-2)13-10-17-5-7-18(13)8-6-17/h3-4,9,13-15H,5-8,10H2,1-2H3. The van der Waals surface area contributed by atoms with Gasteiger partial charge < -0.3 is 5.32 Å². The molecule has 4 heteroatoms. The van der Waals surface area contributed by atoms with E-state index in [1.807, 2.05) is 13.1 Å². The molecule has 4 rings (SSSR count). The van der Waals surface area contributed by atoms with E-state index < -0.39 is 0 Å². The summed E-state index contributed by atoms with van der Waals surface area (Å²) in [5, 5.41) is 3.48. The van der Waals surface area contributed by atoms with Gasteiger partial charge in [0.05, 0.1) is 6.04 Å². The summed E-state index contributed by atoms with van der Waals surface area (Å²) in [5.74, 6) is 0. The lowest BCUT2D eigenvalue weighted by molar-refractivity contribution is -0.00259. The van der Waals surface area contributed by atoms with Gasteiger partial charge in [-0.1, -0.05) is 6.07 Å². The van der Waals surface area contributed by atoms with Gasteiger partial charge in [-0.15, -0.1) is 0 Å². The molecule has 3 aliphatic heterocycles. The second kappa shape index (κ2) is 4.96. The first kappa shape index (κ1) is 12.1. The van der Waals surface area contributed by atoms with Crippen LogP contribution in [0.4, 0.5) is 0 Å². The number of piperazine rings is 3. The van der Waals surface area contributed by atoms with Crippen LogP contribution in [0.25, 0.3) is 0 Å². The van der Waals surface area contributed by atoms with Crippen LogP contribution in [0.5, 0.6) is 0 Å². The molecule has 1 N–H and O–H groups in total. The molecule has 0 spiro atoms. The fourth-order valence-electron chi connectivity index (χ4n) is 3.22. The van der Waals surface area contributed by atoms with Crippen molar-refractivity contribution in [1.29, 1.82) is 0 Å². The van der Waals surface area contributed by atoms with E-state index in [0.717, 1.165) is 5.69 Å². The van der Waals surface area contributed by atoms with Crippen molar-refractivity contribution in [2.45, 2.75) is 19.0 Å². The van der Waals surface area contributed by atoms with Gasteiger partial charge in [-0.3, -0.25) is 14.8 Å². The number of aromatic nitrogens is 1. The van der Waals surface area contributed by atoms with Crippen molar-refractivity contribution < 1.29 is 0 Å². The van der Waals surface area contributed by atoms with E-state index in [0.29, 0.717) is 12.1 Å². The Labute approximate surface area is 109 Å². The molecule has 3 saturated heterocycles. The summed E-state index contributed by atoms with van der Waals surface area (Å²) in [7, 11) is 2.06. The van der Waals surface area contributed by atoms with Crippen molar-refractivity contribution in [3.05, 3.63) is 29.6 Å². The molecule has 3 aliphatic rings. The number of hydrogen-bond acceptors (Lipinski definition) is 4. The summed E-state index contributed by atoms with van der Waals surface area (Å²) in [4.78, 5) is 9.64. The molecule has 4 heterocycles. The normalized spacial score (nSPS) is 32.4. The summed E-state index contributed by atoms with van der Waals surface area (Å²) in [6, 6.07) is 5.29. The van der Waals surface area contributed by atoms with Gasteiger partial charge in [0.2, 0.25) is 0 Å². The lowest BCUT2D eigenvalue weighted by Crippen LogP contribution is -2.63. The van der Waals surface area contributed by atoms with Crippen LogP contribution in [0.1, 0.15) is 17.3 Å². The largest absolute Gasteiger partial charge is 0.312 e. The molecule has 18 heavy (non-hydrogen) atoms. The number of nitrogens with zero attached hydrogens (tertiary/aromatic N) is 3. The fraction of sp³-hybridized carbons (Fsp3) is 0.643. The van der Waals surface area contributed by atoms with Crippen LogP contribution in [0.2, 0.25) is 0 Å². The maximum absolute atomic E-state index is 4.43. The number of hydrogen-bond donors (Lipinski definition) is 1. The van der Waals surface area contributed by atoms with E-state index >= 15 is 0 Å². The highest BCUT2D eigenvalue weighted by molar-refractivity contribution is 5.20. The number of pyridine rings is 1. The van der Waals surface area contributed by atoms with Crippen LogP contribution >= 0.6 is 0 Å². The van der Waals surface area contributed by atoms with Crippen LogP contribution in [-0.2, 0) is 0 Å². The molecule has 3 fully saturated rings. The highest BCUT2D eigenvalue weighted by Crippen LogP contribution is 2.26. The van der Waals surface area contributed by atoms with E-state index in [-0.39, 0.29) is 0 Å². The zero-order valence-corrected chi connectivity index (χ0v) is 11.3. The highest BCUT2D eigenvalue weighted by atomic mass is 15.4. The zero-order chi connectivity index (χ0) is 12.5. The molecule has 2 unspecified atom stereocenters. The van der Waals surface area contributed by atoms with Crippen molar-refractivity contribution >= 4 is 0 Å². The molecule has 0 radical (unpaired) electrons. The average Bonchev–Trinajstić information content (AvgIpc) is 2.43. The molecule has 1 aromatic rings. The van der Waals surface area contributed by atoms with Crippen LogP contribution in [0.15, 0.2) is 18.3 Å². The summed E-state index contributed by atoms with van der Waals surface area (Å²) < 4.78 is 0. The Balaban J connectivity index is 1.81. The Morgan fingerprint density at radius 1 is 1.28 bits per heavy atom. The quantitative estimate of drug-likeness (QED) is 0.848. The third-order valence-electron chi connectivity index (χ3n) is 4.31. The second-order valence-corrected chi connectivity index (χ2v) is 5.40. The molecule has 4 nitrogen and oxygen atoms in total. The van der Waals surface area contributed by atoms with Gasteiger partial charge in [0, 0.05) is 50.7 Å². The first-order valence-electron chi connectivity index (χ1n) is 6.84.